The summed E-state index contributed by atoms with van der Waals surface area (Å²) in [6, 6.07) is 20.1. The number of hydrogen-bond donors (Lipinski definition) is 1. The lowest BCUT2D eigenvalue weighted by atomic mass is 10.0. The van der Waals surface area contributed by atoms with Gasteiger partial charge in [0.1, 0.15) is 18.2 Å². The number of carbonyl (C=O) groups excluding carboxylic acids is 1. The molecule has 0 aliphatic rings. The molecule has 6 nitrogen and oxygen atoms in total. The van der Waals surface area contributed by atoms with E-state index in [2.05, 4.69) is 28.7 Å². The van der Waals surface area contributed by atoms with Gasteiger partial charge in [0.15, 0.2) is 0 Å². The molecule has 1 heterocycles. The number of nitrogens with zero attached hydrogens (tertiary/aromatic N) is 2. The maximum Gasteiger partial charge on any atom is 0.248 e. The number of hydrogen-bond acceptors (Lipinski definition) is 5. The van der Waals surface area contributed by atoms with Gasteiger partial charge in [-0.15, -0.1) is 0 Å². The highest BCUT2D eigenvalue weighted by molar-refractivity contribution is 7.99. The molecule has 1 N–H and O–H groups in total. The van der Waals surface area contributed by atoms with E-state index in [1.165, 1.54) is 18.2 Å². The van der Waals surface area contributed by atoms with Crippen molar-refractivity contribution in [1.29, 1.82) is 0 Å². The molecule has 0 aliphatic carbocycles. The van der Waals surface area contributed by atoms with Gasteiger partial charge >= 0.3 is 0 Å². The van der Waals surface area contributed by atoms with Crippen LogP contribution in [0.1, 0.15) is 38.7 Å². The SMILES string of the molecule is CCCCOCCOc1ccc(-c2ccc(F)c(/C=C/C(=O)Nc3ccc(Sc4cncn4CCC)cc3)c2)cc1. The molecule has 0 spiro atoms. The highest BCUT2D eigenvalue weighted by Gasteiger charge is 2.07. The summed E-state index contributed by atoms with van der Waals surface area (Å²) in [4.78, 5) is 17.8. The molecular weight excluding hydrogens is 537 g/mol. The van der Waals surface area contributed by atoms with Gasteiger partial charge in [-0.1, -0.05) is 50.2 Å². The summed E-state index contributed by atoms with van der Waals surface area (Å²) in [7, 11) is 0. The maximum atomic E-state index is 14.5. The van der Waals surface area contributed by atoms with Crippen molar-refractivity contribution in [1.82, 2.24) is 9.55 Å². The fraction of sp³-hybridized carbons (Fsp3) is 0.273. The molecule has 214 valence electrons. The number of aromatic nitrogens is 2. The second kappa shape index (κ2) is 15.8. The Morgan fingerprint density at radius 1 is 0.976 bits per heavy atom. The molecule has 1 amide bonds. The molecule has 0 bridgehead atoms. The Balaban J connectivity index is 1.31. The minimum Gasteiger partial charge on any atom is -0.491 e. The Labute approximate surface area is 245 Å². The smallest absolute Gasteiger partial charge is 0.248 e. The van der Waals surface area contributed by atoms with Crippen molar-refractivity contribution < 1.29 is 18.7 Å². The van der Waals surface area contributed by atoms with Crippen LogP contribution >= 0.6 is 11.8 Å². The third-order valence-electron chi connectivity index (χ3n) is 6.22. The topological polar surface area (TPSA) is 65.4 Å². The Morgan fingerprint density at radius 3 is 2.51 bits per heavy atom. The first-order chi connectivity index (χ1) is 20.1. The standard InChI is InChI=1S/C33H36FN3O3S/c1-3-5-19-39-20-21-40-29-12-6-25(7-13-29)26-8-16-31(34)27(22-26)9-17-32(38)36-28-10-14-30(15-11-28)41-33-23-35-24-37(33)18-4-2/h6-17,22-24H,3-5,18-21H2,1-2H3,(H,36,38)/b17-9+. The predicted molar refractivity (Wildman–Crippen MR) is 164 cm³/mol. The van der Waals surface area contributed by atoms with Gasteiger partial charge in [-0.05, 0) is 78.6 Å². The fourth-order valence-corrected chi connectivity index (χ4v) is 4.92. The van der Waals surface area contributed by atoms with E-state index in [0.717, 1.165) is 59.2 Å². The molecule has 0 radical (unpaired) electrons. The molecule has 0 fully saturated rings. The van der Waals surface area contributed by atoms with E-state index < -0.39 is 5.82 Å². The zero-order valence-electron chi connectivity index (χ0n) is 23.5. The highest BCUT2D eigenvalue weighted by Crippen LogP contribution is 2.29. The normalized spacial score (nSPS) is 11.2. The Morgan fingerprint density at radius 2 is 1.76 bits per heavy atom. The summed E-state index contributed by atoms with van der Waals surface area (Å²) >= 11 is 1.62. The van der Waals surface area contributed by atoms with E-state index in [0.29, 0.717) is 24.5 Å². The van der Waals surface area contributed by atoms with Crippen LogP contribution in [0.25, 0.3) is 17.2 Å². The van der Waals surface area contributed by atoms with Crippen molar-refractivity contribution in [2.45, 2.75) is 49.6 Å². The summed E-state index contributed by atoms with van der Waals surface area (Å²) in [5.41, 5.74) is 2.76. The predicted octanol–water partition coefficient (Wildman–Crippen LogP) is 8.10. The van der Waals surface area contributed by atoms with Gasteiger partial charge in [-0.2, -0.15) is 0 Å². The quantitative estimate of drug-likeness (QED) is 0.115. The monoisotopic (exact) mass is 573 g/mol. The van der Waals surface area contributed by atoms with E-state index in [1.54, 1.807) is 23.9 Å². The first kappa shape index (κ1) is 30.1. The van der Waals surface area contributed by atoms with Gasteiger partial charge in [0.25, 0.3) is 0 Å². The van der Waals surface area contributed by atoms with E-state index >= 15 is 0 Å². The summed E-state index contributed by atoms with van der Waals surface area (Å²) in [5.74, 6) is 0.0161. The zero-order valence-corrected chi connectivity index (χ0v) is 24.3. The first-order valence-electron chi connectivity index (χ1n) is 13.9. The number of carbonyl (C=O) groups is 1. The number of unbranched alkanes of at least 4 members (excludes halogenated alkanes) is 1. The molecule has 0 saturated heterocycles. The van der Waals surface area contributed by atoms with Gasteiger partial charge in [-0.3, -0.25) is 4.79 Å². The van der Waals surface area contributed by atoms with Crippen LogP contribution in [-0.2, 0) is 16.1 Å². The molecule has 3 aromatic carbocycles. The van der Waals surface area contributed by atoms with Gasteiger partial charge in [0.05, 0.1) is 24.2 Å². The largest absolute Gasteiger partial charge is 0.491 e. The lowest BCUT2D eigenvalue weighted by Gasteiger charge is -2.09. The molecule has 0 aliphatic heterocycles. The van der Waals surface area contributed by atoms with E-state index in [1.807, 2.05) is 61.1 Å². The van der Waals surface area contributed by atoms with Crippen LogP contribution < -0.4 is 10.1 Å². The van der Waals surface area contributed by atoms with Crippen molar-refractivity contribution in [3.63, 3.8) is 0 Å². The number of halogens is 1. The Kier molecular flexibility index (Phi) is 11.6. The molecule has 4 rings (SSSR count). The number of imidazole rings is 1. The Hall–Kier alpha value is -3.88. The molecule has 41 heavy (non-hydrogen) atoms. The summed E-state index contributed by atoms with van der Waals surface area (Å²) in [5, 5.41) is 3.91. The molecular formula is C33H36FN3O3S. The second-order valence-electron chi connectivity index (χ2n) is 9.45. The summed E-state index contributed by atoms with van der Waals surface area (Å²) in [6.45, 7) is 6.98. The molecule has 0 saturated carbocycles. The third kappa shape index (κ3) is 9.33. The van der Waals surface area contributed by atoms with Crippen molar-refractivity contribution in [3.05, 3.63) is 96.7 Å². The number of amides is 1. The second-order valence-corrected chi connectivity index (χ2v) is 10.5. The van der Waals surface area contributed by atoms with Crippen LogP contribution in [0.5, 0.6) is 5.75 Å². The zero-order chi connectivity index (χ0) is 28.9. The van der Waals surface area contributed by atoms with Crippen LogP contribution in [0.15, 0.2) is 95.3 Å². The average Bonchev–Trinajstić information content (AvgIpc) is 3.42. The van der Waals surface area contributed by atoms with Gasteiger partial charge in [-0.25, -0.2) is 9.37 Å². The van der Waals surface area contributed by atoms with Crippen LogP contribution in [0.2, 0.25) is 0 Å². The Bertz CT molecular complexity index is 1420. The third-order valence-corrected chi connectivity index (χ3v) is 7.28. The number of anilines is 1. The molecule has 4 aromatic rings. The van der Waals surface area contributed by atoms with Crippen molar-refractivity contribution in [2.75, 3.05) is 25.1 Å². The number of benzene rings is 3. The number of aryl methyl sites for hydroxylation is 1. The van der Waals surface area contributed by atoms with Crippen molar-refractivity contribution in [2.24, 2.45) is 0 Å². The van der Waals surface area contributed by atoms with E-state index in [-0.39, 0.29) is 5.91 Å². The average molecular weight is 574 g/mol. The van der Waals surface area contributed by atoms with E-state index in [4.69, 9.17) is 9.47 Å². The molecule has 8 heteroatoms. The van der Waals surface area contributed by atoms with Crippen LogP contribution in [0, 0.1) is 5.82 Å². The molecule has 1 aromatic heterocycles. The van der Waals surface area contributed by atoms with Gasteiger partial charge in [0, 0.05) is 35.4 Å². The van der Waals surface area contributed by atoms with Crippen LogP contribution in [0.4, 0.5) is 10.1 Å². The number of nitrogens with one attached hydrogen (secondary N) is 1. The minimum atomic E-state index is -0.399. The van der Waals surface area contributed by atoms with Crippen molar-refractivity contribution in [3.8, 4) is 16.9 Å². The van der Waals surface area contributed by atoms with Gasteiger partial charge < -0.3 is 19.4 Å². The molecule has 0 atom stereocenters. The number of rotatable bonds is 15. The first-order valence-corrected chi connectivity index (χ1v) is 14.7. The fourth-order valence-electron chi connectivity index (χ4n) is 4.04. The lowest BCUT2D eigenvalue weighted by molar-refractivity contribution is -0.111. The van der Waals surface area contributed by atoms with Crippen LogP contribution in [0.3, 0.4) is 0 Å². The summed E-state index contributed by atoms with van der Waals surface area (Å²) in [6.07, 6.45) is 9.72. The number of ether oxygens (including phenoxy) is 2. The molecule has 0 unspecified atom stereocenters. The van der Waals surface area contributed by atoms with E-state index in [9.17, 15) is 9.18 Å². The van der Waals surface area contributed by atoms with Crippen LogP contribution in [-0.4, -0.2) is 35.3 Å². The maximum absolute atomic E-state index is 14.5. The lowest BCUT2D eigenvalue weighted by Crippen LogP contribution is -2.07. The highest BCUT2D eigenvalue weighted by atomic mass is 32.2. The van der Waals surface area contributed by atoms with Gasteiger partial charge in [0.2, 0.25) is 5.91 Å². The van der Waals surface area contributed by atoms with Crippen molar-refractivity contribution >= 4 is 29.4 Å². The summed E-state index contributed by atoms with van der Waals surface area (Å²) < 4.78 is 27.9. The minimum absolute atomic E-state index is 0.331.